The van der Waals surface area contributed by atoms with Crippen LogP contribution in [0.4, 0.5) is 0 Å². The molecule has 3 aromatic rings. The fourth-order valence-corrected chi connectivity index (χ4v) is 3.07. The molecule has 2 unspecified atom stereocenters. The monoisotopic (exact) mass is 421 g/mol. The van der Waals surface area contributed by atoms with Crippen molar-refractivity contribution in [3.05, 3.63) is 66.1 Å². The van der Waals surface area contributed by atoms with Gasteiger partial charge in [-0.25, -0.2) is 0 Å². The Kier molecular flexibility index (Phi) is 7.43. The van der Waals surface area contributed by atoms with E-state index in [2.05, 4.69) is 22.4 Å². The van der Waals surface area contributed by atoms with Gasteiger partial charge >= 0.3 is 0 Å². The SMILES string of the molecule is CCC(C)C(NC(=O)C=Cc1ccccc1)c1nc(-c2ccc(OC)c(OC)c2)no1. The Bertz CT molecular complexity index is 1030. The lowest BCUT2D eigenvalue weighted by Gasteiger charge is -2.19. The first-order valence-electron chi connectivity index (χ1n) is 10.1. The second-order valence-electron chi connectivity index (χ2n) is 7.14. The van der Waals surface area contributed by atoms with Crippen molar-refractivity contribution in [3.8, 4) is 22.9 Å². The number of hydrogen-bond acceptors (Lipinski definition) is 6. The van der Waals surface area contributed by atoms with Crippen LogP contribution in [0.25, 0.3) is 17.5 Å². The zero-order chi connectivity index (χ0) is 22.2. The molecule has 0 bridgehead atoms. The maximum absolute atomic E-state index is 12.5. The number of nitrogens with one attached hydrogen (secondary N) is 1. The van der Waals surface area contributed by atoms with Crippen LogP contribution >= 0.6 is 0 Å². The molecule has 7 heteroatoms. The van der Waals surface area contributed by atoms with Crippen molar-refractivity contribution in [2.45, 2.75) is 26.3 Å². The first-order valence-corrected chi connectivity index (χ1v) is 10.1. The maximum Gasteiger partial charge on any atom is 0.249 e. The molecule has 0 saturated heterocycles. The second-order valence-corrected chi connectivity index (χ2v) is 7.14. The molecule has 0 spiro atoms. The number of benzene rings is 2. The van der Waals surface area contributed by atoms with Crippen molar-refractivity contribution in [3.63, 3.8) is 0 Å². The Morgan fingerprint density at radius 1 is 1.13 bits per heavy atom. The maximum atomic E-state index is 12.5. The Morgan fingerprint density at radius 2 is 1.87 bits per heavy atom. The molecule has 3 rings (SSSR count). The summed E-state index contributed by atoms with van der Waals surface area (Å²) in [6.07, 6.45) is 4.11. The molecule has 2 atom stereocenters. The van der Waals surface area contributed by atoms with Crippen LogP contribution in [0, 0.1) is 5.92 Å². The van der Waals surface area contributed by atoms with Gasteiger partial charge in [0.25, 0.3) is 0 Å². The van der Waals surface area contributed by atoms with Gasteiger partial charge in [-0.3, -0.25) is 4.79 Å². The highest BCUT2D eigenvalue weighted by molar-refractivity contribution is 5.91. The molecule has 1 aromatic heterocycles. The normalized spacial score (nSPS) is 13.0. The summed E-state index contributed by atoms with van der Waals surface area (Å²) in [5.74, 6) is 1.85. The molecular formula is C24H27N3O4. The quantitative estimate of drug-likeness (QED) is 0.505. The van der Waals surface area contributed by atoms with E-state index in [9.17, 15) is 4.79 Å². The van der Waals surface area contributed by atoms with E-state index in [1.165, 1.54) is 6.08 Å². The summed E-state index contributed by atoms with van der Waals surface area (Å²) >= 11 is 0. The summed E-state index contributed by atoms with van der Waals surface area (Å²) in [7, 11) is 3.15. The van der Waals surface area contributed by atoms with Gasteiger partial charge in [0, 0.05) is 11.6 Å². The zero-order valence-corrected chi connectivity index (χ0v) is 18.2. The molecule has 0 saturated carbocycles. The van der Waals surface area contributed by atoms with Crippen LogP contribution in [0.15, 0.2) is 59.1 Å². The van der Waals surface area contributed by atoms with Crippen molar-refractivity contribution in [1.82, 2.24) is 15.5 Å². The van der Waals surface area contributed by atoms with E-state index in [0.717, 1.165) is 17.5 Å². The first kappa shape index (κ1) is 22.1. The topological polar surface area (TPSA) is 86.5 Å². The molecule has 31 heavy (non-hydrogen) atoms. The molecule has 2 aromatic carbocycles. The van der Waals surface area contributed by atoms with Gasteiger partial charge in [0.1, 0.15) is 6.04 Å². The highest BCUT2D eigenvalue weighted by Gasteiger charge is 2.26. The van der Waals surface area contributed by atoms with Crippen molar-refractivity contribution < 1.29 is 18.8 Å². The lowest BCUT2D eigenvalue weighted by molar-refractivity contribution is -0.117. The Balaban J connectivity index is 1.80. The smallest absolute Gasteiger partial charge is 0.249 e. The molecule has 1 heterocycles. The number of rotatable bonds is 9. The summed E-state index contributed by atoms with van der Waals surface area (Å²) in [6.45, 7) is 4.08. The van der Waals surface area contributed by atoms with E-state index < -0.39 is 6.04 Å². The average Bonchev–Trinajstić information content (AvgIpc) is 3.30. The van der Waals surface area contributed by atoms with E-state index in [-0.39, 0.29) is 11.8 Å². The summed E-state index contributed by atoms with van der Waals surface area (Å²) in [4.78, 5) is 17.1. The van der Waals surface area contributed by atoms with E-state index in [4.69, 9.17) is 14.0 Å². The molecule has 0 aliphatic heterocycles. The standard InChI is InChI=1S/C24H27N3O4/c1-5-16(2)22(25-21(28)14-11-17-9-7-6-8-10-17)24-26-23(27-31-24)18-12-13-19(29-3)20(15-18)30-4/h6-16,22H,5H2,1-4H3,(H,25,28). The van der Waals surface area contributed by atoms with Gasteiger partial charge in [0.15, 0.2) is 11.5 Å². The van der Waals surface area contributed by atoms with Gasteiger partial charge in [0.05, 0.1) is 14.2 Å². The summed E-state index contributed by atoms with van der Waals surface area (Å²) < 4.78 is 16.1. The Hall–Kier alpha value is -3.61. The van der Waals surface area contributed by atoms with Crippen LogP contribution in [-0.4, -0.2) is 30.3 Å². The van der Waals surface area contributed by atoms with Gasteiger partial charge in [-0.1, -0.05) is 55.8 Å². The number of methoxy groups -OCH3 is 2. The van der Waals surface area contributed by atoms with Crippen LogP contribution in [0.5, 0.6) is 11.5 Å². The van der Waals surface area contributed by atoms with Crippen LogP contribution in [0.1, 0.15) is 37.8 Å². The number of amides is 1. The van der Waals surface area contributed by atoms with E-state index in [1.807, 2.05) is 43.3 Å². The Morgan fingerprint density at radius 3 is 2.55 bits per heavy atom. The minimum Gasteiger partial charge on any atom is -0.493 e. The predicted octanol–water partition coefficient (Wildman–Crippen LogP) is 4.67. The predicted molar refractivity (Wildman–Crippen MR) is 119 cm³/mol. The molecule has 0 aliphatic rings. The minimum atomic E-state index is -0.403. The van der Waals surface area contributed by atoms with E-state index in [0.29, 0.717) is 23.2 Å². The van der Waals surface area contributed by atoms with Crippen LogP contribution in [-0.2, 0) is 4.79 Å². The highest BCUT2D eigenvalue weighted by Crippen LogP contribution is 2.32. The Labute approximate surface area is 182 Å². The summed E-state index contributed by atoms with van der Waals surface area (Å²) in [5, 5.41) is 7.10. The highest BCUT2D eigenvalue weighted by atomic mass is 16.5. The molecule has 0 radical (unpaired) electrons. The van der Waals surface area contributed by atoms with Crippen molar-refractivity contribution >= 4 is 12.0 Å². The summed E-state index contributed by atoms with van der Waals surface area (Å²) in [5.41, 5.74) is 1.68. The molecule has 1 amide bonds. The fourth-order valence-electron chi connectivity index (χ4n) is 3.07. The number of hydrogen-bond donors (Lipinski definition) is 1. The molecular weight excluding hydrogens is 394 g/mol. The van der Waals surface area contributed by atoms with Crippen molar-refractivity contribution in [2.24, 2.45) is 5.92 Å². The minimum absolute atomic E-state index is 0.104. The summed E-state index contributed by atoms with van der Waals surface area (Å²) in [6, 6.07) is 14.6. The largest absolute Gasteiger partial charge is 0.493 e. The zero-order valence-electron chi connectivity index (χ0n) is 18.2. The van der Waals surface area contributed by atoms with Gasteiger partial charge < -0.3 is 19.3 Å². The third-order valence-electron chi connectivity index (χ3n) is 5.09. The van der Waals surface area contributed by atoms with Gasteiger partial charge in [-0.05, 0) is 35.8 Å². The molecule has 162 valence electrons. The van der Waals surface area contributed by atoms with Gasteiger partial charge in [-0.2, -0.15) is 4.98 Å². The van der Waals surface area contributed by atoms with Gasteiger partial charge in [0.2, 0.25) is 17.6 Å². The third kappa shape index (κ3) is 5.51. The molecule has 1 N–H and O–H groups in total. The van der Waals surface area contributed by atoms with Gasteiger partial charge in [-0.15, -0.1) is 0 Å². The molecule has 0 fully saturated rings. The lowest BCUT2D eigenvalue weighted by atomic mass is 9.99. The number of carbonyl (C=O) groups is 1. The third-order valence-corrected chi connectivity index (χ3v) is 5.09. The number of aromatic nitrogens is 2. The average molecular weight is 421 g/mol. The van der Waals surface area contributed by atoms with Crippen molar-refractivity contribution in [2.75, 3.05) is 14.2 Å². The first-order chi connectivity index (χ1) is 15.0. The van der Waals surface area contributed by atoms with Crippen molar-refractivity contribution in [1.29, 1.82) is 0 Å². The lowest BCUT2D eigenvalue weighted by Crippen LogP contribution is -2.31. The fraction of sp³-hybridized carbons (Fsp3) is 0.292. The van der Waals surface area contributed by atoms with E-state index >= 15 is 0 Å². The molecule has 0 aliphatic carbocycles. The number of ether oxygens (including phenoxy) is 2. The van der Waals surface area contributed by atoms with Crippen LogP contribution < -0.4 is 14.8 Å². The number of carbonyl (C=O) groups excluding carboxylic acids is 1. The van der Waals surface area contributed by atoms with Crippen LogP contribution in [0.3, 0.4) is 0 Å². The van der Waals surface area contributed by atoms with E-state index in [1.54, 1.807) is 32.4 Å². The van der Waals surface area contributed by atoms with Crippen LogP contribution in [0.2, 0.25) is 0 Å². The second kappa shape index (κ2) is 10.4. The molecule has 7 nitrogen and oxygen atoms in total. The number of nitrogens with zero attached hydrogens (tertiary/aromatic N) is 2.